The quantitative estimate of drug-likeness (QED) is 0.859. The van der Waals surface area contributed by atoms with Gasteiger partial charge in [0, 0.05) is 30.0 Å². The molecule has 0 atom stereocenters. The van der Waals surface area contributed by atoms with Gasteiger partial charge in [0.05, 0.1) is 5.56 Å². The first-order valence-corrected chi connectivity index (χ1v) is 6.67. The zero-order chi connectivity index (χ0) is 13.7. The van der Waals surface area contributed by atoms with E-state index < -0.39 is 11.7 Å². The Morgan fingerprint density at radius 2 is 2.26 bits per heavy atom. The molecular weight excluding hydrogens is 313 g/mol. The predicted molar refractivity (Wildman–Crippen MR) is 73.3 cm³/mol. The number of rotatable bonds is 5. The number of halogens is 2. The highest BCUT2D eigenvalue weighted by Gasteiger charge is 2.14. The van der Waals surface area contributed by atoms with Gasteiger partial charge in [0.1, 0.15) is 5.82 Å². The Morgan fingerprint density at radius 1 is 1.42 bits per heavy atom. The van der Waals surface area contributed by atoms with E-state index >= 15 is 0 Å². The number of hydrogen-bond acceptors (Lipinski definition) is 2. The summed E-state index contributed by atoms with van der Waals surface area (Å²) in [5.41, 5.74) is 0.0431. The summed E-state index contributed by atoms with van der Waals surface area (Å²) in [4.78, 5) is 11.8. The number of carbonyl (C=O) groups is 1. The summed E-state index contributed by atoms with van der Waals surface area (Å²) < 4.78 is 15.8. The van der Waals surface area contributed by atoms with Crippen molar-refractivity contribution in [1.82, 2.24) is 15.1 Å². The molecule has 0 spiro atoms. The lowest BCUT2D eigenvalue weighted by atomic mass is 10.2. The van der Waals surface area contributed by atoms with Crippen molar-refractivity contribution in [3.8, 4) is 0 Å². The zero-order valence-corrected chi connectivity index (χ0v) is 11.7. The summed E-state index contributed by atoms with van der Waals surface area (Å²) in [5.74, 6) is -0.940. The number of nitrogens with one attached hydrogen (secondary N) is 1. The SMILES string of the molecule is O=C(NCCCn1cccn1)c1c(F)cccc1Br. The predicted octanol–water partition coefficient (Wildman–Crippen LogP) is 2.60. The lowest BCUT2D eigenvalue weighted by Crippen LogP contribution is -2.26. The molecule has 2 rings (SSSR count). The van der Waals surface area contributed by atoms with E-state index in [1.807, 2.05) is 12.3 Å². The molecule has 0 radical (unpaired) electrons. The first-order chi connectivity index (χ1) is 9.18. The molecule has 1 heterocycles. The van der Waals surface area contributed by atoms with Gasteiger partial charge in [-0.05, 0) is 40.5 Å². The summed E-state index contributed by atoms with van der Waals surface area (Å²) in [5, 5.41) is 6.75. The van der Waals surface area contributed by atoms with E-state index in [4.69, 9.17) is 0 Å². The summed E-state index contributed by atoms with van der Waals surface area (Å²) >= 11 is 3.17. The maximum atomic E-state index is 13.5. The molecule has 19 heavy (non-hydrogen) atoms. The average Bonchev–Trinajstić information content (AvgIpc) is 2.87. The highest BCUT2D eigenvalue weighted by Crippen LogP contribution is 2.19. The van der Waals surface area contributed by atoms with Crippen molar-refractivity contribution in [2.45, 2.75) is 13.0 Å². The molecule has 0 aliphatic carbocycles. The third-order valence-corrected chi connectivity index (χ3v) is 3.26. The van der Waals surface area contributed by atoms with Gasteiger partial charge >= 0.3 is 0 Å². The van der Waals surface area contributed by atoms with E-state index in [0.29, 0.717) is 17.6 Å². The normalized spacial score (nSPS) is 10.4. The van der Waals surface area contributed by atoms with Crippen molar-refractivity contribution in [3.05, 3.63) is 52.5 Å². The minimum absolute atomic E-state index is 0.0431. The lowest BCUT2D eigenvalue weighted by Gasteiger charge is -2.07. The number of nitrogens with zero attached hydrogens (tertiary/aromatic N) is 2. The molecule has 0 aliphatic rings. The molecule has 0 saturated heterocycles. The Morgan fingerprint density at radius 3 is 2.95 bits per heavy atom. The number of hydrogen-bond donors (Lipinski definition) is 1. The molecule has 0 fully saturated rings. The third kappa shape index (κ3) is 3.64. The van der Waals surface area contributed by atoms with Crippen LogP contribution >= 0.6 is 15.9 Å². The fraction of sp³-hybridized carbons (Fsp3) is 0.231. The molecular formula is C13H13BrFN3O. The van der Waals surface area contributed by atoms with Crippen LogP contribution in [0.15, 0.2) is 41.1 Å². The molecule has 100 valence electrons. The molecule has 1 aromatic carbocycles. The van der Waals surface area contributed by atoms with Gasteiger partial charge in [-0.1, -0.05) is 6.07 Å². The Labute approximate surface area is 118 Å². The minimum atomic E-state index is -0.529. The molecule has 0 aliphatic heterocycles. The number of carbonyl (C=O) groups excluding carboxylic acids is 1. The second kappa shape index (κ2) is 6.47. The first kappa shape index (κ1) is 13.7. The van der Waals surface area contributed by atoms with Crippen LogP contribution in [-0.2, 0) is 6.54 Å². The van der Waals surface area contributed by atoms with Crippen molar-refractivity contribution in [1.29, 1.82) is 0 Å². The Bertz CT molecular complexity index is 537. The van der Waals surface area contributed by atoms with Crippen molar-refractivity contribution in [2.24, 2.45) is 0 Å². The molecule has 1 aromatic heterocycles. The van der Waals surface area contributed by atoms with E-state index in [2.05, 4.69) is 26.3 Å². The van der Waals surface area contributed by atoms with Crippen molar-refractivity contribution >= 4 is 21.8 Å². The van der Waals surface area contributed by atoms with Crippen LogP contribution in [-0.4, -0.2) is 22.2 Å². The van der Waals surface area contributed by atoms with Gasteiger partial charge in [0.15, 0.2) is 0 Å². The van der Waals surface area contributed by atoms with Crippen LogP contribution in [0.4, 0.5) is 4.39 Å². The molecule has 1 N–H and O–H groups in total. The smallest absolute Gasteiger partial charge is 0.255 e. The van der Waals surface area contributed by atoms with Crippen molar-refractivity contribution < 1.29 is 9.18 Å². The van der Waals surface area contributed by atoms with E-state index in [1.165, 1.54) is 6.07 Å². The van der Waals surface area contributed by atoms with E-state index in [9.17, 15) is 9.18 Å². The molecule has 2 aromatic rings. The highest BCUT2D eigenvalue weighted by molar-refractivity contribution is 9.10. The second-order valence-corrected chi connectivity index (χ2v) is 4.83. The largest absolute Gasteiger partial charge is 0.352 e. The summed E-state index contributed by atoms with van der Waals surface area (Å²) in [6, 6.07) is 6.30. The number of aryl methyl sites for hydroxylation is 1. The highest BCUT2D eigenvalue weighted by atomic mass is 79.9. The third-order valence-electron chi connectivity index (χ3n) is 2.60. The summed E-state index contributed by atoms with van der Waals surface area (Å²) in [6.07, 6.45) is 4.30. The second-order valence-electron chi connectivity index (χ2n) is 3.98. The van der Waals surface area contributed by atoms with E-state index in [-0.39, 0.29) is 5.56 Å². The monoisotopic (exact) mass is 325 g/mol. The van der Waals surface area contributed by atoms with Crippen LogP contribution in [0.5, 0.6) is 0 Å². The average molecular weight is 326 g/mol. The lowest BCUT2D eigenvalue weighted by molar-refractivity contribution is 0.0947. The standard InChI is InChI=1S/C13H13BrFN3O/c14-10-4-1-5-11(15)12(10)13(19)16-6-2-8-18-9-3-7-17-18/h1,3-5,7,9H,2,6,8H2,(H,16,19). The van der Waals surface area contributed by atoms with Crippen LogP contribution in [0.3, 0.4) is 0 Å². The van der Waals surface area contributed by atoms with Gasteiger partial charge in [-0.15, -0.1) is 0 Å². The van der Waals surface area contributed by atoms with Gasteiger partial charge < -0.3 is 5.32 Å². The number of benzene rings is 1. The zero-order valence-electron chi connectivity index (χ0n) is 10.1. The molecule has 6 heteroatoms. The maximum Gasteiger partial charge on any atom is 0.255 e. The Hall–Kier alpha value is -1.69. The van der Waals surface area contributed by atoms with Gasteiger partial charge in [0.2, 0.25) is 0 Å². The van der Waals surface area contributed by atoms with E-state index in [0.717, 1.165) is 6.42 Å². The van der Waals surface area contributed by atoms with E-state index in [1.54, 1.807) is 23.0 Å². The number of amides is 1. The summed E-state index contributed by atoms with van der Waals surface area (Å²) in [7, 11) is 0. The maximum absolute atomic E-state index is 13.5. The van der Waals surface area contributed by atoms with Gasteiger partial charge in [-0.25, -0.2) is 4.39 Å². The minimum Gasteiger partial charge on any atom is -0.352 e. The van der Waals surface area contributed by atoms with Gasteiger partial charge in [-0.3, -0.25) is 9.48 Å². The molecule has 1 amide bonds. The van der Waals surface area contributed by atoms with Gasteiger partial charge in [-0.2, -0.15) is 5.10 Å². The van der Waals surface area contributed by atoms with Crippen LogP contribution < -0.4 is 5.32 Å². The molecule has 4 nitrogen and oxygen atoms in total. The summed E-state index contributed by atoms with van der Waals surface area (Å²) in [6.45, 7) is 1.19. The van der Waals surface area contributed by atoms with Crippen molar-refractivity contribution in [3.63, 3.8) is 0 Å². The fourth-order valence-corrected chi connectivity index (χ4v) is 2.20. The van der Waals surface area contributed by atoms with Crippen molar-refractivity contribution in [2.75, 3.05) is 6.54 Å². The topological polar surface area (TPSA) is 46.9 Å². The molecule has 0 saturated carbocycles. The molecule has 0 unspecified atom stereocenters. The Kier molecular flexibility index (Phi) is 4.68. The fourth-order valence-electron chi connectivity index (χ4n) is 1.68. The van der Waals surface area contributed by atoms with Crippen LogP contribution in [0, 0.1) is 5.82 Å². The van der Waals surface area contributed by atoms with Crippen LogP contribution in [0.1, 0.15) is 16.8 Å². The number of aromatic nitrogens is 2. The van der Waals surface area contributed by atoms with Crippen LogP contribution in [0.2, 0.25) is 0 Å². The first-order valence-electron chi connectivity index (χ1n) is 5.88. The molecule has 0 bridgehead atoms. The Balaban J connectivity index is 1.84. The van der Waals surface area contributed by atoms with Gasteiger partial charge in [0.25, 0.3) is 5.91 Å². The van der Waals surface area contributed by atoms with Crippen LogP contribution in [0.25, 0.3) is 0 Å².